The van der Waals surface area contributed by atoms with Crippen LogP contribution in [0.1, 0.15) is 37.0 Å². The van der Waals surface area contributed by atoms with E-state index in [9.17, 15) is 4.79 Å². The van der Waals surface area contributed by atoms with Crippen molar-refractivity contribution in [1.82, 2.24) is 4.90 Å². The Morgan fingerprint density at radius 1 is 1.07 bits per heavy atom. The minimum atomic E-state index is 0.160. The molecule has 0 aromatic heterocycles. The molecule has 1 aliphatic rings. The van der Waals surface area contributed by atoms with Crippen molar-refractivity contribution in [2.75, 3.05) is 19.8 Å². The van der Waals surface area contributed by atoms with Gasteiger partial charge in [0.1, 0.15) is 0 Å². The van der Waals surface area contributed by atoms with Crippen LogP contribution in [-0.2, 0) is 24.2 Å². The summed E-state index contributed by atoms with van der Waals surface area (Å²) in [6.07, 6.45) is 1.96. The zero-order chi connectivity index (χ0) is 19.2. The first kappa shape index (κ1) is 19.6. The van der Waals surface area contributed by atoms with E-state index < -0.39 is 0 Å². The Balaban J connectivity index is 1.68. The van der Waals surface area contributed by atoms with Gasteiger partial charge < -0.3 is 14.4 Å². The van der Waals surface area contributed by atoms with Crippen molar-refractivity contribution < 1.29 is 14.3 Å². The second-order valence-electron chi connectivity index (χ2n) is 6.59. The molecule has 1 amide bonds. The molecule has 1 heterocycles. The Hall–Kier alpha value is -2.20. The van der Waals surface area contributed by atoms with Crippen molar-refractivity contribution >= 4 is 17.5 Å². The molecule has 27 heavy (non-hydrogen) atoms. The molecule has 0 saturated heterocycles. The third-order valence-electron chi connectivity index (χ3n) is 4.80. The Bertz CT molecular complexity index is 806. The van der Waals surface area contributed by atoms with Crippen molar-refractivity contribution in [3.8, 4) is 11.5 Å². The van der Waals surface area contributed by atoms with Crippen LogP contribution in [0.25, 0.3) is 0 Å². The highest BCUT2D eigenvalue weighted by molar-refractivity contribution is 6.31. The first-order chi connectivity index (χ1) is 13.1. The molecule has 0 bridgehead atoms. The summed E-state index contributed by atoms with van der Waals surface area (Å²) in [7, 11) is 0. The summed E-state index contributed by atoms with van der Waals surface area (Å²) >= 11 is 6.20. The van der Waals surface area contributed by atoms with Gasteiger partial charge in [-0.15, -0.1) is 0 Å². The van der Waals surface area contributed by atoms with E-state index in [4.69, 9.17) is 21.1 Å². The molecule has 0 spiro atoms. The van der Waals surface area contributed by atoms with E-state index in [0.29, 0.717) is 32.6 Å². The number of hydrogen-bond acceptors (Lipinski definition) is 3. The van der Waals surface area contributed by atoms with Gasteiger partial charge in [-0.25, -0.2) is 0 Å². The number of hydrogen-bond donors (Lipinski definition) is 0. The molecule has 1 aliphatic heterocycles. The van der Waals surface area contributed by atoms with Gasteiger partial charge in [-0.3, -0.25) is 4.79 Å². The molecular weight excluding hydrogens is 362 g/mol. The Kier molecular flexibility index (Phi) is 6.62. The van der Waals surface area contributed by atoms with Gasteiger partial charge in [-0.1, -0.05) is 29.8 Å². The van der Waals surface area contributed by atoms with Gasteiger partial charge in [-0.2, -0.15) is 0 Å². The molecule has 0 N–H and O–H groups in total. The maximum atomic E-state index is 12.7. The van der Waals surface area contributed by atoms with Crippen LogP contribution in [0.4, 0.5) is 0 Å². The average molecular weight is 388 g/mol. The van der Waals surface area contributed by atoms with Gasteiger partial charge in [0.2, 0.25) is 5.91 Å². The van der Waals surface area contributed by atoms with Crippen LogP contribution in [0.3, 0.4) is 0 Å². The summed E-state index contributed by atoms with van der Waals surface area (Å²) in [6, 6.07) is 11.8. The standard InChI is InChI=1S/C22H26ClNO3/c1-3-26-20-13-17-11-12-24(15-18(17)14-21(20)27-4-2)22(25)10-9-16-7-5-6-8-19(16)23/h5-8,13-14H,3-4,9-12,15H2,1-2H3. The Labute approximate surface area is 166 Å². The number of carbonyl (C=O) groups is 1. The first-order valence-corrected chi connectivity index (χ1v) is 9.92. The van der Waals surface area contributed by atoms with E-state index in [2.05, 4.69) is 6.07 Å². The number of amides is 1. The summed E-state index contributed by atoms with van der Waals surface area (Å²) < 4.78 is 11.4. The first-order valence-electron chi connectivity index (χ1n) is 9.55. The minimum Gasteiger partial charge on any atom is -0.490 e. The van der Waals surface area contributed by atoms with Gasteiger partial charge in [0.25, 0.3) is 0 Å². The molecule has 0 aliphatic carbocycles. The highest BCUT2D eigenvalue weighted by atomic mass is 35.5. The fourth-order valence-corrected chi connectivity index (χ4v) is 3.64. The molecule has 4 nitrogen and oxygen atoms in total. The van der Waals surface area contributed by atoms with Gasteiger partial charge in [-0.05, 0) is 61.6 Å². The lowest BCUT2D eigenvalue weighted by Gasteiger charge is -2.30. The molecule has 144 valence electrons. The second-order valence-corrected chi connectivity index (χ2v) is 7.00. The molecule has 0 saturated carbocycles. The van der Waals surface area contributed by atoms with Gasteiger partial charge in [0.15, 0.2) is 11.5 Å². The molecule has 2 aromatic carbocycles. The lowest BCUT2D eigenvalue weighted by Crippen LogP contribution is -2.36. The topological polar surface area (TPSA) is 38.8 Å². The normalized spacial score (nSPS) is 13.2. The van der Waals surface area contributed by atoms with Crippen LogP contribution in [0.15, 0.2) is 36.4 Å². The fraction of sp³-hybridized carbons (Fsp3) is 0.409. The second kappa shape index (κ2) is 9.14. The number of rotatable bonds is 7. The number of ether oxygens (including phenoxy) is 2. The fourth-order valence-electron chi connectivity index (χ4n) is 3.41. The van der Waals surface area contributed by atoms with Crippen molar-refractivity contribution in [2.45, 2.75) is 39.7 Å². The summed E-state index contributed by atoms with van der Waals surface area (Å²) in [5.74, 6) is 1.70. The van der Waals surface area contributed by atoms with E-state index in [0.717, 1.165) is 40.6 Å². The highest BCUT2D eigenvalue weighted by Gasteiger charge is 2.23. The van der Waals surface area contributed by atoms with E-state index in [-0.39, 0.29) is 5.91 Å². The largest absolute Gasteiger partial charge is 0.490 e. The van der Waals surface area contributed by atoms with Crippen LogP contribution in [-0.4, -0.2) is 30.6 Å². The number of carbonyl (C=O) groups excluding carboxylic acids is 1. The maximum absolute atomic E-state index is 12.7. The molecule has 2 aromatic rings. The van der Waals surface area contributed by atoms with Crippen LogP contribution in [0.5, 0.6) is 11.5 Å². The van der Waals surface area contributed by atoms with Gasteiger partial charge >= 0.3 is 0 Å². The van der Waals surface area contributed by atoms with E-state index in [1.807, 2.05) is 49.1 Å². The highest BCUT2D eigenvalue weighted by Crippen LogP contribution is 2.34. The minimum absolute atomic E-state index is 0.160. The lowest BCUT2D eigenvalue weighted by molar-refractivity contribution is -0.132. The molecule has 5 heteroatoms. The number of aryl methyl sites for hydroxylation is 1. The van der Waals surface area contributed by atoms with Crippen molar-refractivity contribution in [2.24, 2.45) is 0 Å². The van der Waals surface area contributed by atoms with E-state index >= 15 is 0 Å². The molecule has 0 fully saturated rings. The monoisotopic (exact) mass is 387 g/mol. The van der Waals surface area contributed by atoms with Crippen molar-refractivity contribution in [3.63, 3.8) is 0 Å². The summed E-state index contributed by atoms with van der Waals surface area (Å²) in [4.78, 5) is 14.6. The van der Waals surface area contributed by atoms with Crippen LogP contribution in [0, 0.1) is 0 Å². The Morgan fingerprint density at radius 3 is 2.41 bits per heavy atom. The number of nitrogens with zero attached hydrogens (tertiary/aromatic N) is 1. The third kappa shape index (κ3) is 4.75. The summed E-state index contributed by atoms with van der Waals surface area (Å²) in [5, 5.41) is 0.721. The van der Waals surface area contributed by atoms with Gasteiger partial charge in [0, 0.05) is 24.5 Å². The predicted octanol–water partition coefficient (Wildman–Crippen LogP) is 4.65. The van der Waals surface area contributed by atoms with E-state index in [1.54, 1.807) is 0 Å². The number of halogens is 1. The number of fused-ring (bicyclic) bond motifs is 1. The lowest BCUT2D eigenvalue weighted by atomic mass is 9.98. The van der Waals surface area contributed by atoms with Crippen LogP contribution >= 0.6 is 11.6 Å². The zero-order valence-electron chi connectivity index (χ0n) is 16.0. The molecular formula is C22H26ClNO3. The third-order valence-corrected chi connectivity index (χ3v) is 5.17. The predicted molar refractivity (Wildman–Crippen MR) is 108 cm³/mol. The molecule has 0 unspecified atom stereocenters. The average Bonchev–Trinajstić information content (AvgIpc) is 2.67. The molecule has 0 radical (unpaired) electrons. The SMILES string of the molecule is CCOc1cc2c(cc1OCC)CN(C(=O)CCc1ccccc1Cl)CC2. The van der Waals surface area contributed by atoms with E-state index in [1.165, 1.54) is 5.56 Å². The van der Waals surface area contributed by atoms with Gasteiger partial charge in [0.05, 0.1) is 13.2 Å². The van der Waals surface area contributed by atoms with Crippen LogP contribution in [0.2, 0.25) is 5.02 Å². The zero-order valence-corrected chi connectivity index (χ0v) is 16.7. The quantitative estimate of drug-likeness (QED) is 0.693. The molecule has 3 rings (SSSR count). The van der Waals surface area contributed by atoms with Crippen molar-refractivity contribution in [1.29, 1.82) is 0 Å². The van der Waals surface area contributed by atoms with Crippen molar-refractivity contribution in [3.05, 3.63) is 58.1 Å². The Morgan fingerprint density at radius 2 is 1.74 bits per heavy atom. The summed E-state index contributed by atoms with van der Waals surface area (Å²) in [6.45, 7) is 6.45. The molecule has 0 atom stereocenters. The van der Waals surface area contributed by atoms with Crippen LogP contribution < -0.4 is 9.47 Å². The number of benzene rings is 2. The summed E-state index contributed by atoms with van der Waals surface area (Å²) in [5.41, 5.74) is 3.39. The smallest absolute Gasteiger partial charge is 0.223 e. The maximum Gasteiger partial charge on any atom is 0.223 e.